The summed E-state index contributed by atoms with van der Waals surface area (Å²) in [5.41, 5.74) is 0.721. The number of ether oxygens (including phenoxy) is 2. The lowest BCUT2D eigenvalue weighted by atomic mass is 10.1. The summed E-state index contributed by atoms with van der Waals surface area (Å²) in [5.74, 6) is -0.384. The fourth-order valence-electron chi connectivity index (χ4n) is 1.95. The number of benzene rings is 1. The Morgan fingerprint density at radius 3 is 2.67 bits per heavy atom. The number of aliphatic carboxylic acids is 1. The Labute approximate surface area is 122 Å². The molecule has 1 aromatic carbocycles. The highest BCUT2D eigenvalue weighted by Crippen LogP contribution is 2.32. The summed E-state index contributed by atoms with van der Waals surface area (Å²) < 4.78 is 36.8. The van der Waals surface area contributed by atoms with Crippen LogP contribution in [-0.2, 0) is 14.8 Å². The van der Waals surface area contributed by atoms with Crippen LogP contribution in [0, 0.1) is 0 Å². The molecule has 0 bridgehead atoms. The van der Waals surface area contributed by atoms with Crippen LogP contribution < -0.4 is 14.2 Å². The number of fused-ring (bicyclic) bond motifs is 1. The first kappa shape index (κ1) is 15.6. The van der Waals surface area contributed by atoms with Crippen molar-refractivity contribution in [2.45, 2.75) is 19.4 Å². The molecule has 0 saturated heterocycles. The molecule has 2 rings (SSSR count). The molecule has 1 unspecified atom stereocenters. The van der Waals surface area contributed by atoms with Crippen LogP contribution in [-0.4, -0.2) is 38.5 Å². The molecule has 7 nitrogen and oxygen atoms in total. The number of carbonyl (C=O) groups is 1. The predicted molar refractivity (Wildman–Crippen MR) is 75.0 cm³/mol. The van der Waals surface area contributed by atoms with Gasteiger partial charge in [-0.2, -0.15) is 0 Å². The Kier molecular flexibility index (Phi) is 4.69. The predicted octanol–water partition coefficient (Wildman–Crippen LogP) is 0.913. The second-order valence-electron chi connectivity index (χ2n) is 4.71. The lowest BCUT2D eigenvalue weighted by Crippen LogP contribution is -2.30. The maximum atomic E-state index is 11.8. The Balaban J connectivity index is 2.06. The van der Waals surface area contributed by atoms with E-state index in [1.807, 2.05) is 0 Å². The largest absolute Gasteiger partial charge is 0.486 e. The van der Waals surface area contributed by atoms with Crippen molar-refractivity contribution in [1.29, 1.82) is 0 Å². The smallest absolute Gasteiger partial charge is 0.304 e. The van der Waals surface area contributed by atoms with Gasteiger partial charge in [-0.15, -0.1) is 0 Å². The van der Waals surface area contributed by atoms with E-state index in [1.165, 1.54) is 0 Å². The van der Waals surface area contributed by atoms with E-state index in [9.17, 15) is 13.2 Å². The van der Waals surface area contributed by atoms with Gasteiger partial charge in [0, 0.05) is 6.04 Å². The zero-order valence-corrected chi connectivity index (χ0v) is 12.4. The van der Waals surface area contributed by atoms with Gasteiger partial charge in [-0.3, -0.25) is 4.79 Å². The van der Waals surface area contributed by atoms with Crippen LogP contribution in [0.3, 0.4) is 0 Å². The fraction of sp³-hybridized carbons (Fsp3) is 0.462. The lowest BCUT2D eigenvalue weighted by molar-refractivity contribution is -0.136. The molecule has 116 valence electrons. The summed E-state index contributed by atoms with van der Waals surface area (Å²) in [6.45, 7) is 2.63. The Bertz CT molecular complexity index is 628. The van der Waals surface area contributed by atoms with E-state index in [2.05, 4.69) is 4.72 Å². The summed E-state index contributed by atoms with van der Waals surface area (Å²) in [4.78, 5) is 10.4. The van der Waals surface area contributed by atoms with Crippen molar-refractivity contribution in [3.05, 3.63) is 23.8 Å². The number of carboxylic acid groups (broad SMARTS) is 1. The molecule has 2 N–H and O–H groups in total. The zero-order valence-electron chi connectivity index (χ0n) is 11.5. The Hall–Kier alpha value is -1.80. The van der Waals surface area contributed by atoms with Crippen LogP contribution in [0.5, 0.6) is 11.5 Å². The van der Waals surface area contributed by atoms with E-state index in [0.29, 0.717) is 24.7 Å². The van der Waals surface area contributed by atoms with Crippen LogP contribution in [0.2, 0.25) is 0 Å². The first-order valence-corrected chi connectivity index (χ1v) is 8.14. The minimum Gasteiger partial charge on any atom is -0.486 e. The second kappa shape index (κ2) is 6.31. The third-order valence-electron chi connectivity index (χ3n) is 3.01. The van der Waals surface area contributed by atoms with Crippen molar-refractivity contribution in [2.24, 2.45) is 0 Å². The van der Waals surface area contributed by atoms with Gasteiger partial charge in [0.25, 0.3) is 0 Å². The molecule has 1 aromatic rings. The number of sulfonamides is 1. The molecule has 0 spiro atoms. The molecule has 1 heterocycles. The highest BCUT2D eigenvalue weighted by atomic mass is 32.2. The normalized spacial score (nSPS) is 15.5. The standard InChI is InChI=1S/C13H17NO6S/c1-9(14-21(17,18)7-4-13(15)16)10-2-3-11-12(8-10)20-6-5-19-11/h2-3,8-9,14H,4-7H2,1H3,(H,15,16). The van der Waals surface area contributed by atoms with Gasteiger partial charge in [0.15, 0.2) is 11.5 Å². The molecule has 8 heteroatoms. The van der Waals surface area contributed by atoms with Crippen LogP contribution >= 0.6 is 0 Å². The number of nitrogens with one attached hydrogen (secondary N) is 1. The van der Waals surface area contributed by atoms with Crippen molar-refractivity contribution in [1.82, 2.24) is 4.72 Å². The molecule has 0 amide bonds. The van der Waals surface area contributed by atoms with Gasteiger partial charge in [-0.05, 0) is 24.6 Å². The molecule has 1 aliphatic heterocycles. The second-order valence-corrected chi connectivity index (χ2v) is 6.58. The lowest BCUT2D eigenvalue weighted by Gasteiger charge is -2.21. The molecular weight excluding hydrogens is 298 g/mol. The first-order valence-electron chi connectivity index (χ1n) is 6.49. The molecule has 0 aliphatic carbocycles. The van der Waals surface area contributed by atoms with Crippen LogP contribution in [0.25, 0.3) is 0 Å². The Morgan fingerprint density at radius 2 is 2.00 bits per heavy atom. The number of carboxylic acids is 1. The highest BCUT2D eigenvalue weighted by Gasteiger charge is 2.19. The third kappa shape index (κ3) is 4.33. The number of rotatable bonds is 6. The molecule has 0 aromatic heterocycles. The van der Waals surface area contributed by atoms with Gasteiger partial charge in [0.2, 0.25) is 10.0 Å². The van der Waals surface area contributed by atoms with E-state index >= 15 is 0 Å². The highest BCUT2D eigenvalue weighted by molar-refractivity contribution is 7.89. The van der Waals surface area contributed by atoms with Crippen molar-refractivity contribution < 1.29 is 27.8 Å². The van der Waals surface area contributed by atoms with Crippen molar-refractivity contribution in [2.75, 3.05) is 19.0 Å². The van der Waals surface area contributed by atoms with Gasteiger partial charge < -0.3 is 14.6 Å². The average Bonchev–Trinajstić information content (AvgIpc) is 2.44. The van der Waals surface area contributed by atoms with Crippen LogP contribution in [0.4, 0.5) is 0 Å². The van der Waals surface area contributed by atoms with Crippen molar-refractivity contribution >= 4 is 16.0 Å². The molecule has 21 heavy (non-hydrogen) atoms. The third-order valence-corrected chi connectivity index (χ3v) is 4.46. The van der Waals surface area contributed by atoms with E-state index < -0.39 is 34.2 Å². The monoisotopic (exact) mass is 315 g/mol. The van der Waals surface area contributed by atoms with Gasteiger partial charge in [-0.1, -0.05) is 6.07 Å². The topological polar surface area (TPSA) is 102 Å². The quantitative estimate of drug-likeness (QED) is 0.809. The zero-order chi connectivity index (χ0) is 15.5. The minimum atomic E-state index is -3.65. The maximum Gasteiger partial charge on any atom is 0.304 e. The molecule has 1 aliphatic rings. The number of hydrogen-bond acceptors (Lipinski definition) is 5. The van der Waals surface area contributed by atoms with Crippen molar-refractivity contribution in [3.8, 4) is 11.5 Å². The summed E-state index contributed by atoms with van der Waals surface area (Å²) in [6, 6.07) is 4.71. The van der Waals surface area contributed by atoms with Crippen LogP contribution in [0.1, 0.15) is 24.9 Å². The van der Waals surface area contributed by atoms with E-state index in [0.717, 1.165) is 5.56 Å². The van der Waals surface area contributed by atoms with Crippen molar-refractivity contribution in [3.63, 3.8) is 0 Å². The first-order chi connectivity index (χ1) is 9.87. The van der Waals surface area contributed by atoms with E-state index in [-0.39, 0.29) is 0 Å². The SMILES string of the molecule is CC(NS(=O)(=O)CCC(=O)O)c1ccc2c(c1)OCCO2. The van der Waals surface area contributed by atoms with E-state index in [4.69, 9.17) is 14.6 Å². The summed E-state index contributed by atoms with van der Waals surface area (Å²) >= 11 is 0. The van der Waals surface area contributed by atoms with Gasteiger partial charge >= 0.3 is 5.97 Å². The Morgan fingerprint density at radius 1 is 1.33 bits per heavy atom. The van der Waals surface area contributed by atoms with Gasteiger partial charge in [-0.25, -0.2) is 13.1 Å². The molecule has 0 radical (unpaired) electrons. The number of hydrogen-bond donors (Lipinski definition) is 2. The molecule has 0 saturated carbocycles. The van der Waals surface area contributed by atoms with Gasteiger partial charge in [0.05, 0.1) is 12.2 Å². The summed E-state index contributed by atoms with van der Waals surface area (Å²) in [7, 11) is -3.65. The minimum absolute atomic E-state index is 0.427. The molecule has 0 fully saturated rings. The van der Waals surface area contributed by atoms with Crippen LogP contribution in [0.15, 0.2) is 18.2 Å². The van der Waals surface area contributed by atoms with Gasteiger partial charge in [0.1, 0.15) is 13.2 Å². The maximum absolute atomic E-state index is 11.8. The molecule has 1 atom stereocenters. The summed E-state index contributed by atoms with van der Waals surface area (Å²) in [5, 5.41) is 8.54. The summed E-state index contributed by atoms with van der Waals surface area (Å²) in [6.07, 6.45) is -0.427. The fourth-order valence-corrected chi connectivity index (χ4v) is 3.18. The molecular formula is C13H17NO6S. The average molecular weight is 315 g/mol. The van der Waals surface area contributed by atoms with E-state index in [1.54, 1.807) is 25.1 Å².